The lowest BCUT2D eigenvalue weighted by Gasteiger charge is -2.36. The first-order valence-electron chi connectivity index (χ1n) is 7.91. The minimum atomic E-state index is 0.104. The van der Waals surface area contributed by atoms with Crippen molar-refractivity contribution in [3.63, 3.8) is 0 Å². The van der Waals surface area contributed by atoms with E-state index < -0.39 is 0 Å². The number of carbonyl (C=O) groups is 1. The Morgan fingerprint density at radius 1 is 1.32 bits per heavy atom. The number of thiazole rings is 1. The molecule has 22 heavy (non-hydrogen) atoms. The predicted octanol–water partition coefficient (Wildman–Crippen LogP) is 2.29. The van der Waals surface area contributed by atoms with Crippen molar-refractivity contribution in [2.45, 2.75) is 25.4 Å². The van der Waals surface area contributed by atoms with Gasteiger partial charge in [-0.1, -0.05) is 12.1 Å². The van der Waals surface area contributed by atoms with Crippen LogP contribution in [0.4, 0.5) is 4.79 Å². The Labute approximate surface area is 133 Å². The average Bonchev–Trinajstić information content (AvgIpc) is 3.12. The van der Waals surface area contributed by atoms with E-state index in [2.05, 4.69) is 28.4 Å². The third-order valence-corrected chi connectivity index (χ3v) is 5.53. The maximum atomic E-state index is 11.8. The molecule has 2 amide bonds. The van der Waals surface area contributed by atoms with Gasteiger partial charge in [0.25, 0.3) is 0 Å². The highest BCUT2D eigenvalue weighted by Crippen LogP contribution is 2.25. The molecule has 2 aliphatic rings. The van der Waals surface area contributed by atoms with E-state index in [0.29, 0.717) is 6.04 Å². The molecule has 1 aromatic heterocycles. The Morgan fingerprint density at radius 2 is 2.23 bits per heavy atom. The highest BCUT2D eigenvalue weighted by Gasteiger charge is 2.31. The van der Waals surface area contributed by atoms with Gasteiger partial charge in [0.2, 0.25) is 0 Å². The summed E-state index contributed by atoms with van der Waals surface area (Å²) in [6.07, 6.45) is 2.27. The van der Waals surface area contributed by atoms with Gasteiger partial charge >= 0.3 is 6.03 Å². The fraction of sp³-hybridized carbons (Fsp3) is 0.500. The monoisotopic (exact) mass is 316 g/mol. The van der Waals surface area contributed by atoms with Crippen LogP contribution in [0, 0.1) is 0 Å². The van der Waals surface area contributed by atoms with Crippen molar-refractivity contribution in [3.05, 3.63) is 29.3 Å². The maximum Gasteiger partial charge on any atom is 0.317 e. The molecule has 1 N–H and O–H groups in total. The maximum absolute atomic E-state index is 11.8. The van der Waals surface area contributed by atoms with Gasteiger partial charge in [0, 0.05) is 25.7 Å². The number of hydrogen-bond acceptors (Lipinski definition) is 4. The molecule has 6 heteroatoms. The third-order valence-electron chi connectivity index (χ3n) is 4.51. The first-order valence-corrected chi connectivity index (χ1v) is 8.72. The zero-order chi connectivity index (χ0) is 14.9. The first-order chi connectivity index (χ1) is 10.8. The second-order valence-corrected chi connectivity index (χ2v) is 7.15. The number of fused-ring (bicyclic) bond motifs is 1. The van der Waals surface area contributed by atoms with Crippen molar-refractivity contribution in [1.82, 2.24) is 20.1 Å². The lowest BCUT2D eigenvalue weighted by Crippen LogP contribution is -2.48. The fourth-order valence-corrected chi connectivity index (χ4v) is 4.45. The number of likely N-dealkylation sites (tertiary alicyclic amines) is 1. The SMILES string of the molecule is O=C1NCCN1[C@@H]1CCCN(Cc2nc3ccccc3s2)C1. The lowest BCUT2D eigenvalue weighted by atomic mass is 10.0. The van der Waals surface area contributed by atoms with Crippen LogP contribution in [-0.4, -0.2) is 53.0 Å². The van der Waals surface area contributed by atoms with Gasteiger partial charge in [0.15, 0.2) is 0 Å². The van der Waals surface area contributed by atoms with Crippen molar-refractivity contribution in [2.75, 3.05) is 26.2 Å². The Bertz CT molecular complexity index is 653. The number of rotatable bonds is 3. The van der Waals surface area contributed by atoms with E-state index in [4.69, 9.17) is 4.98 Å². The Balaban J connectivity index is 1.45. The molecule has 2 aromatic rings. The number of piperidine rings is 1. The standard InChI is InChI=1S/C16H20N4OS/c21-16-17-7-9-20(16)12-4-3-8-19(10-12)11-15-18-13-5-1-2-6-14(13)22-15/h1-2,5-6,12H,3-4,7-11H2,(H,17,21)/t12-/m1/s1. The summed E-state index contributed by atoms with van der Waals surface area (Å²) in [4.78, 5) is 21.0. The average molecular weight is 316 g/mol. The molecular formula is C16H20N4OS. The van der Waals surface area contributed by atoms with Gasteiger partial charge in [-0.15, -0.1) is 11.3 Å². The van der Waals surface area contributed by atoms with Crippen LogP contribution in [0.3, 0.4) is 0 Å². The molecule has 0 saturated carbocycles. The summed E-state index contributed by atoms with van der Waals surface area (Å²) < 4.78 is 1.25. The molecule has 2 fully saturated rings. The number of nitrogens with zero attached hydrogens (tertiary/aromatic N) is 3. The van der Waals surface area contributed by atoms with Crippen molar-refractivity contribution in [1.29, 1.82) is 0 Å². The summed E-state index contributed by atoms with van der Waals surface area (Å²) in [6.45, 7) is 4.59. The van der Waals surface area contributed by atoms with E-state index in [9.17, 15) is 4.79 Å². The summed E-state index contributed by atoms with van der Waals surface area (Å²) >= 11 is 1.78. The van der Waals surface area contributed by atoms with E-state index in [1.165, 1.54) is 9.71 Å². The van der Waals surface area contributed by atoms with Crippen LogP contribution in [0.1, 0.15) is 17.8 Å². The van der Waals surface area contributed by atoms with Crippen LogP contribution in [0.25, 0.3) is 10.2 Å². The minimum Gasteiger partial charge on any atom is -0.336 e. The molecule has 2 aliphatic heterocycles. The van der Waals surface area contributed by atoms with Crippen LogP contribution in [0.2, 0.25) is 0 Å². The van der Waals surface area contributed by atoms with Crippen LogP contribution >= 0.6 is 11.3 Å². The number of carbonyl (C=O) groups excluding carboxylic acids is 1. The molecule has 5 nitrogen and oxygen atoms in total. The highest BCUT2D eigenvalue weighted by atomic mass is 32.1. The zero-order valence-corrected chi connectivity index (χ0v) is 13.3. The molecular weight excluding hydrogens is 296 g/mol. The van der Waals surface area contributed by atoms with Crippen molar-refractivity contribution >= 4 is 27.6 Å². The lowest BCUT2D eigenvalue weighted by molar-refractivity contribution is 0.122. The number of hydrogen-bond donors (Lipinski definition) is 1. The third kappa shape index (κ3) is 2.68. The molecule has 0 bridgehead atoms. The number of benzene rings is 1. The van der Waals surface area contributed by atoms with Crippen LogP contribution in [0.15, 0.2) is 24.3 Å². The number of nitrogens with one attached hydrogen (secondary N) is 1. The normalized spacial score (nSPS) is 23.2. The van der Waals surface area contributed by atoms with Crippen molar-refractivity contribution in [2.24, 2.45) is 0 Å². The highest BCUT2D eigenvalue weighted by molar-refractivity contribution is 7.18. The van der Waals surface area contributed by atoms with Crippen molar-refractivity contribution in [3.8, 4) is 0 Å². The van der Waals surface area contributed by atoms with E-state index >= 15 is 0 Å². The summed E-state index contributed by atoms with van der Waals surface area (Å²) in [5.74, 6) is 0. The molecule has 3 heterocycles. The smallest absolute Gasteiger partial charge is 0.317 e. The van der Waals surface area contributed by atoms with Gasteiger partial charge in [0.05, 0.1) is 16.8 Å². The molecule has 0 unspecified atom stereocenters. The predicted molar refractivity (Wildman–Crippen MR) is 88.0 cm³/mol. The summed E-state index contributed by atoms with van der Waals surface area (Å²) in [5, 5.41) is 4.08. The van der Waals surface area contributed by atoms with E-state index in [-0.39, 0.29) is 6.03 Å². The quantitative estimate of drug-likeness (QED) is 0.945. The Morgan fingerprint density at radius 3 is 3.05 bits per heavy atom. The molecule has 2 saturated heterocycles. The van der Waals surface area contributed by atoms with Gasteiger partial charge in [0.1, 0.15) is 5.01 Å². The molecule has 1 aromatic carbocycles. The van der Waals surface area contributed by atoms with E-state index in [1.807, 2.05) is 11.0 Å². The van der Waals surface area contributed by atoms with E-state index in [1.54, 1.807) is 11.3 Å². The zero-order valence-electron chi connectivity index (χ0n) is 12.5. The molecule has 0 aliphatic carbocycles. The number of amides is 2. The molecule has 1 atom stereocenters. The largest absolute Gasteiger partial charge is 0.336 e. The molecule has 4 rings (SSSR count). The van der Waals surface area contributed by atoms with E-state index in [0.717, 1.165) is 51.1 Å². The molecule has 0 radical (unpaired) electrons. The summed E-state index contributed by atoms with van der Waals surface area (Å²) in [6, 6.07) is 8.76. The molecule has 116 valence electrons. The topological polar surface area (TPSA) is 48.5 Å². The fourth-order valence-electron chi connectivity index (χ4n) is 3.44. The number of aromatic nitrogens is 1. The summed E-state index contributed by atoms with van der Waals surface area (Å²) in [7, 11) is 0. The second kappa shape index (κ2) is 5.85. The number of urea groups is 1. The summed E-state index contributed by atoms with van der Waals surface area (Å²) in [5.41, 5.74) is 1.09. The van der Waals surface area contributed by atoms with Crippen LogP contribution < -0.4 is 5.32 Å². The van der Waals surface area contributed by atoms with Gasteiger partial charge in [-0.25, -0.2) is 9.78 Å². The van der Waals surface area contributed by atoms with Crippen LogP contribution in [-0.2, 0) is 6.54 Å². The number of para-hydroxylation sites is 1. The van der Waals surface area contributed by atoms with Gasteiger partial charge in [-0.3, -0.25) is 4.90 Å². The van der Waals surface area contributed by atoms with Gasteiger partial charge in [-0.2, -0.15) is 0 Å². The molecule has 0 spiro atoms. The second-order valence-electron chi connectivity index (χ2n) is 6.03. The van der Waals surface area contributed by atoms with Crippen LogP contribution in [0.5, 0.6) is 0 Å². The minimum absolute atomic E-state index is 0.104. The Kier molecular flexibility index (Phi) is 3.72. The van der Waals surface area contributed by atoms with Gasteiger partial charge < -0.3 is 10.2 Å². The van der Waals surface area contributed by atoms with Crippen molar-refractivity contribution < 1.29 is 4.79 Å². The Hall–Kier alpha value is -1.66. The van der Waals surface area contributed by atoms with Gasteiger partial charge in [-0.05, 0) is 31.5 Å². The first kappa shape index (κ1) is 14.0.